The molecule has 0 aromatic carbocycles. The summed E-state index contributed by atoms with van der Waals surface area (Å²) in [5.41, 5.74) is 0. The summed E-state index contributed by atoms with van der Waals surface area (Å²) in [7, 11) is 0. The fraction of sp³-hybridized carbons (Fsp3) is 1.00. The van der Waals surface area contributed by atoms with Crippen molar-refractivity contribution in [2.75, 3.05) is 19.6 Å². The predicted octanol–water partition coefficient (Wildman–Crippen LogP) is 4.08. The molecule has 14 heavy (non-hydrogen) atoms. The number of unbranched alkanes of at least 4 members (excludes halogenated alkanes) is 3. The summed E-state index contributed by atoms with van der Waals surface area (Å²) < 4.78 is 0. The largest absolute Gasteiger partial charge is 0.303 e. The average Bonchev–Trinajstić information content (AvgIpc) is 2.69. The number of hydrogen-bond donors (Lipinski definition) is 0. The minimum absolute atomic E-state index is 1.32. The van der Waals surface area contributed by atoms with Crippen molar-refractivity contribution in [2.45, 2.75) is 65.7 Å². The molecule has 1 fully saturated rings. The van der Waals surface area contributed by atoms with Crippen LogP contribution in [0.3, 0.4) is 0 Å². The first-order chi connectivity index (χ1) is 6.85. The molecule has 1 aliphatic heterocycles. The Morgan fingerprint density at radius 2 is 1.29 bits per heavy atom. The number of likely N-dealkylation sites (tertiary alicyclic amines) is 1. The van der Waals surface area contributed by atoms with Crippen molar-refractivity contribution in [3.05, 3.63) is 0 Å². The predicted molar refractivity (Wildman–Crippen MR) is 65.8 cm³/mol. The third kappa shape index (κ3) is 8.55. The normalized spacial score (nSPS) is 16.5. The number of nitrogens with zero attached hydrogens (tertiary/aromatic N) is 1. The summed E-state index contributed by atoms with van der Waals surface area (Å²) >= 11 is 0. The lowest BCUT2D eigenvalue weighted by Crippen LogP contribution is -2.19. The molecule has 1 saturated heterocycles. The Kier molecular flexibility index (Phi) is 11.0. The van der Waals surface area contributed by atoms with Crippen LogP contribution < -0.4 is 0 Å². The van der Waals surface area contributed by atoms with Gasteiger partial charge in [-0.25, -0.2) is 0 Å². The lowest BCUT2D eigenvalue weighted by molar-refractivity contribution is 0.339. The Labute approximate surface area is 90.9 Å². The molecule has 0 aliphatic carbocycles. The zero-order valence-electron chi connectivity index (χ0n) is 10.5. The molecule has 1 rings (SSSR count). The SMILES string of the molecule is CCCCCC.CCCN1CCCC1. The van der Waals surface area contributed by atoms with E-state index < -0.39 is 0 Å². The van der Waals surface area contributed by atoms with Gasteiger partial charge in [-0.15, -0.1) is 0 Å². The van der Waals surface area contributed by atoms with E-state index in [0.29, 0.717) is 0 Å². The van der Waals surface area contributed by atoms with E-state index in [1.807, 2.05) is 0 Å². The molecule has 0 saturated carbocycles. The van der Waals surface area contributed by atoms with Gasteiger partial charge in [0.05, 0.1) is 0 Å². The molecule has 1 heteroatoms. The molecule has 0 aromatic rings. The summed E-state index contributed by atoms with van der Waals surface area (Å²) in [4.78, 5) is 2.54. The fourth-order valence-corrected chi connectivity index (χ4v) is 1.82. The first-order valence-corrected chi connectivity index (χ1v) is 6.57. The van der Waals surface area contributed by atoms with Crippen molar-refractivity contribution in [2.24, 2.45) is 0 Å². The minimum atomic E-state index is 1.32. The van der Waals surface area contributed by atoms with Gasteiger partial charge >= 0.3 is 0 Å². The van der Waals surface area contributed by atoms with Gasteiger partial charge in [0, 0.05) is 0 Å². The highest BCUT2D eigenvalue weighted by Crippen LogP contribution is 2.06. The summed E-state index contributed by atoms with van der Waals surface area (Å²) in [6, 6.07) is 0. The molecular formula is C13H29N. The maximum Gasteiger partial charge on any atom is -0.00183 e. The maximum absolute atomic E-state index is 2.54. The summed E-state index contributed by atoms with van der Waals surface area (Å²) in [5.74, 6) is 0. The molecule has 0 radical (unpaired) electrons. The van der Waals surface area contributed by atoms with E-state index in [2.05, 4.69) is 25.7 Å². The van der Waals surface area contributed by atoms with Crippen molar-refractivity contribution in [1.82, 2.24) is 4.90 Å². The molecule has 0 amide bonds. The van der Waals surface area contributed by atoms with Crippen molar-refractivity contribution >= 4 is 0 Å². The van der Waals surface area contributed by atoms with Gasteiger partial charge in [-0.1, -0.05) is 46.5 Å². The van der Waals surface area contributed by atoms with Gasteiger partial charge in [-0.05, 0) is 38.9 Å². The molecule has 86 valence electrons. The Balaban J connectivity index is 0.000000255. The topological polar surface area (TPSA) is 3.24 Å². The van der Waals surface area contributed by atoms with E-state index in [-0.39, 0.29) is 0 Å². The van der Waals surface area contributed by atoms with Gasteiger partial charge in [0.25, 0.3) is 0 Å². The lowest BCUT2D eigenvalue weighted by atomic mass is 10.2. The Morgan fingerprint density at radius 1 is 0.786 bits per heavy atom. The molecule has 0 atom stereocenters. The maximum atomic E-state index is 2.54. The lowest BCUT2D eigenvalue weighted by Gasteiger charge is -2.11. The van der Waals surface area contributed by atoms with Crippen LogP contribution in [-0.4, -0.2) is 24.5 Å². The Bertz CT molecular complexity index is 91.4. The summed E-state index contributed by atoms with van der Waals surface area (Å²) in [5, 5.41) is 0. The Hall–Kier alpha value is -0.0400. The van der Waals surface area contributed by atoms with E-state index in [1.54, 1.807) is 0 Å². The fourth-order valence-electron chi connectivity index (χ4n) is 1.82. The smallest absolute Gasteiger partial charge is 0.00183 e. The second-order valence-electron chi connectivity index (χ2n) is 4.26. The molecule has 0 N–H and O–H groups in total. The van der Waals surface area contributed by atoms with Crippen molar-refractivity contribution in [3.63, 3.8) is 0 Å². The zero-order valence-corrected chi connectivity index (χ0v) is 10.5. The van der Waals surface area contributed by atoms with E-state index in [9.17, 15) is 0 Å². The van der Waals surface area contributed by atoms with E-state index >= 15 is 0 Å². The van der Waals surface area contributed by atoms with Gasteiger partial charge in [0.15, 0.2) is 0 Å². The molecule has 1 aliphatic rings. The minimum Gasteiger partial charge on any atom is -0.303 e. The van der Waals surface area contributed by atoms with Gasteiger partial charge in [-0.2, -0.15) is 0 Å². The Morgan fingerprint density at radius 3 is 1.64 bits per heavy atom. The van der Waals surface area contributed by atoms with Crippen molar-refractivity contribution in [1.29, 1.82) is 0 Å². The summed E-state index contributed by atoms with van der Waals surface area (Å²) in [6.07, 6.45) is 9.72. The highest BCUT2D eigenvalue weighted by molar-refractivity contribution is 4.64. The molecular weight excluding hydrogens is 170 g/mol. The third-order valence-electron chi connectivity index (χ3n) is 2.70. The van der Waals surface area contributed by atoms with Gasteiger partial charge < -0.3 is 4.90 Å². The van der Waals surface area contributed by atoms with E-state index in [4.69, 9.17) is 0 Å². The molecule has 1 heterocycles. The van der Waals surface area contributed by atoms with Crippen molar-refractivity contribution < 1.29 is 0 Å². The van der Waals surface area contributed by atoms with Gasteiger partial charge in [0.1, 0.15) is 0 Å². The molecule has 0 bridgehead atoms. The second-order valence-corrected chi connectivity index (χ2v) is 4.26. The highest BCUT2D eigenvalue weighted by Gasteiger charge is 2.08. The third-order valence-corrected chi connectivity index (χ3v) is 2.70. The second kappa shape index (κ2) is 11.0. The van der Waals surface area contributed by atoms with Crippen LogP contribution >= 0.6 is 0 Å². The van der Waals surface area contributed by atoms with E-state index in [1.165, 1.54) is 64.6 Å². The molecule has 1 nitrogen and oxygen atoms in total. The molecule has 0 aromatic heterocycles. The van der Waals surface area contributed by atoms with Crippen LogP contribution in [0.2, 0.25) is 0 Å². The van der Waals surface area contributed by atoms with Gasteiger partial charge in [0.2, 0.25) is 0 Å². The van der Waals surface area contributed by atoms with Crippen molar-refractivity contribution in [3.8, 4) is 0 Å². The van der Waals surface area contributed by atoms with E-state index in [0.717, 1.165) is 0 Å². The average molecular weight is 199 g/mol. The molecule has 0 unspecified atom stereocenters. The van der Waals surface area contributed by atoms with Crippen LogP contribution in [0, 0.1) is 0 Å². The monoisotopic (exact) mass is 199 g/mol. The van der Waals surface area contributed by atoms with Crippen LogP contribution in [0.5, 0.6) is 0 Å². The van der Waals surface area contributed by atoms with Crippen LogP contribution in [0.25, 0.3) is 0 Å². The van der Waals surface area contributed by atoms with Crippen LogP contribution in [-0.2, 0) is 0 Å². The zero-order chi connectivity index (χ0) is 10.6. The molecule has 0 spiro atoms. The number of hydrogen-bond acceptors (Lipinski definition) is 1. The number of rotatable bonds is 5. The van der Waals surface area contributed by atoms with Crippen LogP contribution in [0.4, 0.5) is 0 Å². The highest BCUT2D eigenvalue weighted by atomic mass is 15.1. The first-order valence-electron chi connectivity index (χ1n) is 6.57. The first kappa shape index (κ1) is 14.0. The summed E-state index contributed by atoms with van der Waals surface area (Å²) in [6.45, 7) is 10.7. The van der Waals surface area contributed by atoms with Crippen LogP contribution in [0.1, 0.15) is 65.7 Å². The van der Waals surface area contributed by atoms with Crippen LogP contribution in [0.15, 0.2) is 0 Å². The standard InChI is InChI=1S/C7H15N.C6H14/c1-2-5-8-6-3-4-7-8;1-3-5-6-4-2/h2-7H2,1H3;3-6H2,1-2H3. The quantitative estimate of drug-likeness (QED) is 0.603. The van der Waals surface area contributed by atoms with Gasteiger partial charge in [-0.3, -0.25) is 0 Å².